The van der Waals surface area contributed by atoms with Crippen LogP contribution in [0.15, 0.2) is 24.3 Å². The molecule has 0 spiro atoms. The number of hydrogen-bond acceptors (Lipinski definition) is 4. The first-order valence-corrected chi connectivity index (χ1v) is 5.73. The van der Waals surface area contributed by atoms with Crippen LogP contribution in [-0.2, 0) is 16.0 Å². The Hall–Kier alpha value is -1.55. The van der Waals surface area contributed by atoms with Crippen LogP contribution in [0.2, 0.25) is 0 Å². The highest BCUT2D eigenvalue weighted by Gasteiger charge is 2.08. The van der Waals surface area contributed by atoms with Crippen LogP contribution in [0.3, 0.4) is 0 Å². The Morgan fingerprint density at radius 1 is 1.35 bits per heavy atom. The van der Waals surface area contributed by atoms with Crippen molar-refractivity contribution in [2.24, 2.45) is 5.73 Å². The van der Waals surface area contributed by atoms with E-state index in [1.807, 2.05) is 24.3 Å². The van der Waals surface area contributed by atoms with Gasteiger partial charge < -0.3 is 15.2 Å². The Balaban J connectivity index is 2.53. The number of esters is 1. The highest BCUT2D eigenvalue weighted by atomic mass is 16.6. The number of ether oxygens (including phenoxy) is 2. The summed E-state index contributed by atoms with van der Waals surface area (Å²) in [5.74, 6) is 0.334. The first-order valence-electron chi connectivity index (χ1n) is 5.73. The second-order valence-electron chi connectivity index (χ2n) is 3.97. The van der Waals surface area contributed by atoms with Gasteiger partial charge in [-0.3, -0.25) is 0 Å². The van der Waals surface area contributed by atoms with Gasteiger partial charge in [0.05, 0.1) is 6.10 Å². The molecular weight excluding hydrogens is 218 g/mol. The second kappa shape index (κ2) is 6.91. The van der Waals surface area contributed by atoms with Gasteiger partial charge in [0, 0.05) is 0 Å². The minimum atomic E-state index is -0.359. The molecule has 94 valence electrons. The monoisotopic (exact) mass is 237 g/mol. The largest absolute Gasteiger partial charge is 0.482 e. The topological polar surface area (TPSA) is 61.5 Å². The van der Waals surface area contributed by atoms with Crippen molar-refractivity contribution < 1.29 is 14.3 Å². The summed E-state index contributed by atoms with van der Waals surface area (Å²) < 4.78 is 10.4. The van der Waals surface area contributed by atoms with Crippen molar-refractivity contribution in [2.45, 2.75) is 26.4 Å². The zero-order chi connectivity index (χ0) is 12.7. The summed E-state index contributed by atoms with van der Waals surface area (Å²) in [6.07, 6.45) is 0.612. The molecule has 0 amide bonds. The molecule has 4 heteroatoms. The van der Waals surface area contributed by atoms with E-state index in [1.54, 1.807) is 13.8 Å². The lowest BCUT2D eigenvalue weighted by Crippen LogP contribution is -2.19. The van der Waals surface area contributed by atoms with Crippen LogP contribution in [0.4, 0.5) is 0 Å². The standard InChI is InChI=1S/C13H19NO3/c1-10(2)17-13(15)9-16-12-6-4-3-5-11(12)7-8-14/h3-6,10H,7-9,14H2,1-2H3. The molecule has 1 rings (SSSR count). The fourth-order valence-electron chi connectivity index (χ4n) is 1.44. The molecule has 0 bridgehead atoms. The number of para-hydroxylation sites is 1. The quantitative estimate of drug-likeness (QED) is 0.762. The minimum absolute atomic E-state index is 0.0697. The lowest BCUT2D eigenvalue weighted by atomic mass is 10.1. The summed E-state index contributed by atoms with van der Waals surface area (Å²) in [6, 6.07) is 7.55. The normalized spacial score (nSPS) is 10.4. The number of hydrogen-bond donors (Lipinski definition) is 1. The van der Waals surface area contributed by atoms with E-state index in [-0.39, 0.29) is 18.7 Å². The lowest BCUT2D eigenvalue weighted by Gasteiger charge is -2.11. The van der Waals surface area contributed by atoms with Gasteiger partial charge in [0.2, 0.25) is 0 Å². The van der Waals surface area contributed by atoms with E-state index in [2.05, 4.69) is 0 Å². The van der Waals surface area contributed by atoms with E-state index in [9.17, 15) is 4.79 Å². The molecule has 0 aliphatic carbocycles. The molecule has 1 aromatic carbocycles. The Morgan fingerprint density at radius 2 is 2.06 bits per heavy atom. The smallest absolute Gasteiger partial charge is 0.344 e. The molecular formula is C13H19NO3. The molecule has 0 aliphatic rings. The van der Waals surface area contributed by atoms with Crippen LogP contribution >= 0.6 is 0 Å². The first-order chi connectivity index (χ1) is 8.13. The molecule has 0 aliphatic heterocycles. The molecule has 4 nitrogen and oxygen atoms in total. The van der Waals surface area contributed by atoms with E-state index in [4.69, 9.17) is 15.2 Å². The highest BCUT2D eigenvalue weighted by molar-refractivity contribution is 5.71. The summed E-state index contributed by atoms with van der Waals surface area (Å²) in [7, 11) is 0. The molecule has 17 heavy (non-hydrogen) atoms. The van der Waals surface area contributed by atoms with E-state index >= 15 is 0 Å². The van der Waals surface area contributed by atoms with Gasteiger partial charge >= 0.3 is 5.97 Å². The fourth-order valence-corrected chi connectivity index (χ4v) is 1.44. The molecule has 0 heterocycles. The molecule has 0 unspecified atom stereocenters. The zero-order valence-corrected chi connectivity index (χ0v) is 10.3. The van der Waals surface area contributed by atoms with Gasteiger partial charge in [0.15, 0.2) is 6.61 Å². The average molecular weight is 237 g/mol. The maximum atomic E-state index is 11.3. The lowest BCUT2D eigenvalue weighted by molar-refractivity contribution is -0.149. The van der Waals surface area contributed by atoms with Gasteiger partial charge in [-0.1, -0.05) is 18.2 Å². The van der Waals surface area contributed by atoms with E-state index in [0.717, 1.165) is 12.0 Å². The van der Waals surface area contributed by atoms with Crippen molar-refractivity contribution in [2.75, 3.05) is 13.2 Å². The van der Waals surface area contributed by atoms with Crippen LogP contribution in [0.25, 0.3) is 0 Å². The molecule has 0 atom stereocenters. The summed E-state index contributed by atoms with van der Waals surface area (Å²) in [4.78, 5) is 11.3. The van der Waals surface area contributed by atoms with E-state index in [0.29, 0.717) is 12.3 Å². The van der Waals surface area contributed by atoms with E-state index in [1.165, 1.54) is 0 Å². The van der Waals surface area contributed by atoms with Gasteiger partial charge in [-0.25, -0.2) is 4.79 Å². The van der Waals surface area contributed by atoms with Crippen molar-refractivity contribution in [3.05, 3.63) is 29.8 Å². The van der Waals surface area contributed by atoms with Crippen molar-refractivity contribution in [3.8, 4) is 5.75 Å². The molecule has 0 saturated heterocycles. The SMILES string of the molecule is CC(C)OC(=O)COc1ccccc1CCN. The molecule has 0 radical (unpaired) electrons. The van der Waals surface area contributed by atoms with Gasteiger partial charge in [0.25, 0.3) is 0 Å². The summed E-state index contributed by atoms with van der Waals surface area (Å²) in [5.41, 5.74) is 6.51. The predicted molar refractivity (Wildman–Crippen MR) is 65.9 cm³/mol. The third-order valence-electron chi connectivity index (χ3n) is 2.10. The molecule has 0 saturated carbocycles. The Labute approximate surface area is 102 Å². The van der Waals surface area contributed by atoms with Crippen LogP contribution < -0.4 is 10.5 Å². The average Bonchev–Trinajstić information content (AvgIpc) is 2.27. The number of carbonyl (C=O) groups excluding carboxylic acids is 1. The van der Waals surface area contributed by atoms with Crippen molar-refractivity contribution in [1.82, 2.24) is 0 Å². The van der Waals surface area contributed by atoms with Gasteiger partial charge in [0.1, 0.15) is 5.75 Å². The van der Waals surface area contributed by atoms with Crippen LogP contribution in [0.5, 0.6) is 5.75 Å². The van der Waals surface area contributed by atoms with Crippen molar-refractivity contribution in [1.29, 1.82) is 0 Å². The number of nitrogens with two attached hydrogens (primary N) is 1. The Kier molecular flexibility index (Phi) is 5.49. The molecule has 2 N–H and O–H groups in total. The van der Waals surface area contributed by atoms with Gasteiger partial charge in [-0.15, -0.1) is 0 Å². The molecule has 0 fully saturated rings. The third-order valence-corrected chi connectivity index (χ3v) is 2.10. The third kappa shape index (κ3) is 4.87. The van der Waals surface area contributed by atoms with Crippen LogP contribution in [0, 0.1) is 0 Å². The second-order valence-corrected chi connectivity index (χ2v) is 3.97. The molecule has 0 aromatic heterocycles. The summed E-state index contributed by atoms with van der Waals surface area (Å²) >= 11 is 0. The fraction of sp³-hybridized carbons (Fsp3) is 0.462. The number of benzene rings is 1. The predicted octanol–water partition coefficient (Wildman–Crippen LogP) is 1.52. The van der Waals surface area contributed by atoms with Gasteiger partial charge in [-0.05, 0) is 38.4 Å². The Bertz CT molecular complexity index is 363. The van der Waals surface area contributed by atoms with Crippen LogP contribution in [-0.4, -0.2) is 25.2 Å². The number of carbonyl (C=O) groups is 1. The molecule has 1 aromatic rings. The van der Waals surface area contributed by atoms with Crippen LogP contribution in [0.1, 0.15) is 19.4 Å². The van der Waals surface area contributed by atoms with E-state index < -0.39 is 0 Å². The maximum Gasteiger partial charge on any atom is 0.344 e. The zero-order valence-electron chi connectivity index (χ0n) is 10.3. The van der Waals surface area contributed by atoms with Crippen molar-refractivity contribution >= 4 is 5.97 Å². The maximum absolute atomic E-state index is 11.3. The highest BCUT2D eigenvalue weighted by Crippen LogP contribution is 2.18. The summed E-state index contributed by atoms with van der Waals surface area (Å²) in [5, 5.41) is 0. The Morgan fingerprint density at radius 3 is 2.71 bits per heavy atom. The first kappa shape index (κ1) is 13.5. The van der Waals surface area contributed by atoms with Gasteiger partial charge in [-0.2, -0.15) is 0 Å². The number of rotatable bonds is 6. The van der Waals surface area contributed by atoms with Crippen molar-refractivity contribution in [3.63, 3.8) is 0 Å². The minimum Gasteiger partial charge on any atom is -0.482 e. The summed E-state index contributed by atoms with van der Waals surface area (Å²) in [6.45, 7) is 4.09.